The number of aromatic nitrogens is 1. The lowest BCUT2D eigenvalue weighted by atomic mass is 9.96. The van der Waals surface area contributed by atoms with Crippen LogP contribution in [0.25, 0.3) is 17.4 Å². The Bertz CT molecular complexity index is 1870. The zero-order valence-corrected chi connectivity index (χ0v) is 23.9. The zero-order valence-electron chi connectivity index (χ0n) is 21.5. The quantitative estimate of drug-likeness (QED) is 0.165. The van der Waals surface area contributed by atoms with E-state index in [2.05, 4.69) is 20.9 Å². The van der Waals surface area contributed by atoms with Crippen molar-refractivity contribution in [1.29, 1.82) is 0 Å². The number of nitro groups is 1. The van der Waals surface area contributed by atoms with E-state index in [9.17, 15) is 19.7 Å². The number of allylic oxidation sites excluding steroid dienone is 1. The summed E-state index contributed by atoms with van der Waals surface area (Å²) in [6.45, 7) is 3.59. The summed E-state index contributed by atoms with van der Waals surface area (Å²) < 4.78 is 19.0. The summed E-state index contributed by atoms with van der Waals surface area (Å²) in [5.41, 5.74) is 1.23. The van der Waals surface area contributed by atoms with E-state index in [1.54, 1.807) is 75.6 Å². The smallest absolute Gasteiger partial charge is 0.338 e. The number of thiazole rings is 1. The van der Waals surface area contributed by atoms with E-state index in [0.717, 1.165) is 11.3 Å². The molecule has 2 aromatic carbocycles. The first-order valence-corrected chi connectivity index (χ1v) is 13.7. The topological polar surface area (TPSA) is 126 Å². The van der Waals surface area contributed by atoms with Gasteiger partial charge in [-0.3, -0.25) is 19.5 Å². The molecule has 4 aromatic rings. The van der Waals surface area contributed by atoms with Crippen molar-refractivity contribution in [2.24, 2.45) is 4.99 Å². The number of furan rings is 1. The number of esters is 1. The van der Waals surface area contributed by atoms with Crippen LogP contribution < -0.4 is 19.6 Å². The predicted octanol–water partition coefficient (Wildman–Crippen LogP) is 4.74. The van der Waals surface area contributed by atoms with Crippen LogP contribution >= 0.6 is 27.3 Å². The number of para-hydroxylation sites is 1. The molecule has 40 heavy (non-hydrogen) atoms. The lowest BCUT2D eigenvalue weighted by Crippen LogP contribution is -2.39. The van der Waals surface area contributed by atoms with Gasteiger partial charge in [0.25, 0.3) is 11.2 Å². The Morgan fingerprint density at radius 3 is 2.73 bits per heavy atom. The minimum Gasteiger partial charge on any atom is -0.496 e. The molecule has 1 atom stereocenters. The van der Waals surface area contributed by atoms with Crippen LogP contribution in [-0.2, 0) is 9.53 Å². The summed E-state index contributed by atoms with van der Waals surface area (Å²) in [5.74, 6) is 0.674. The molecule has 0 amide bonds. The van der Waals surface area contributed by atoms with Crippen molar-refractivity contribution in [3.05, 3.63) is 111 Å². The lowest BCUT2D eigenvalue weighted by Gasteiger charge is -2.25. The number of nitrogens with zero attached hydrogens (tertiary/aromatic N) is 3. The third-order valence-corrected chi connectivity index (χ3v) is 7.88. The number of benzene rings is 2. The first-order valence-electron chi connectivity index (χ1n) is 12.1. The Morgan fingerprint density at radius 1 is 1.25 bits per heavy atom. The molecule has 0 fully saturated rings. The second kappa shape index (κ2) is 11.1. The fraction of sp³-hybridized carbons (Fsp3) is 0.179. The Balaban J connectivity index is 1.65. The van der Waals surface area contributed by atoms with Crippen LogP contribution in [0.4, 0.5) is 5.69 Å². The number of methoxy groups -OCH3 is 1. The van der Waals surface area contributed by atoms with Gasteiger partial charge in [-0.15, -0.1) is 0 Å². The van der Waals surface area contributed by atoms with Gasteiger partial charge in [0.2, 0.25) is 0 Å². The van der Waals surface area contributed by atoms with E-state index in [4.69, 9.17) is 13.9 Å². The van der Waals surface area contributed by atoms with Crippen molar-refractivity contribution < 1.29 is 23.6 Å². The molecule has 10 nitrogen and oxygen atoms in total. The standard InChI is InChI=1S/C28H22BrN3O7S/c1-4-38-27(34)24-15(2)30-28-31(25(24)16-9-11-22(37-3)19(29)13-16)26(33)23(40-28)14-17-10-12-21(39-17)18-7-5-6-8-20(18)32(35)36/h5-14,25H,4H2,1-3H3/b23-14-. The highest BCUT2D eigenvalue weighted by Crippen LogP contribution is 2.35. The highest BCUT2D eigenvalue weighted by molar-refractivity contribution is 9.10. The van der Waals surface area contributed by atoms with E-state index in [1.807, 2.05) is 0 Å². The lowest BCUT2D eigenvalue weighted by molar-refractivity contribution is -0.384. The maximum absolute atomic E-state index is 13.8. The third kappa shape index (κ3) is 4.91. The largest absolute Gasteiger partial charge is 0.496 e. The molecule has 1 unspecified atom stereocenters. The molecule has 0 saturated carbocycles. The second-order valence-electron chi connectivity index (χ2n) is 8.67. The van der Waals surface area contributed by atoms with Crippen LogP contribution in [0.15, 0.2) is 84.5 Å². The van der Waals surface area contributed by atoms with Crippen LogP contribution in [0.2, 0.25) is 0 Å². The average Bonchev–Trinajstić information content (AvgIpc) is 3.52. The first kappa shape index (κ1) is 27.3. The van der Waals surface area contributed by atoms with Gasteiger partial charge in [0.1, 0.15) is 17.3 Å². The molecule has 2 aromatic heterocycles. The molecule has 0 radical (unpaired) electrons. The van der Waals surface area contributed by atoms with Crippen LogP contribution in [-0.4, -0.2) is 29.2 Å². The molecule has 0 saturated heterocycles. The van der Waals surface area contributed by atoms with Crippen LogP contribution in [0.5, 0.6) is 5.75 Å². The number of rotatable bonds is 7. The molecular formula is C28H22BrN3O7S. The Hall–Kier alpha value is -4.29. The van der Waals surface area contributed by atoms with Gasteiger partial charge in [-0.25, -0.2) is 9.79 Å². The molecule has 0 N–H and O–H groups in total. The van der Waals surface area contributed by atoms with E-state index in [-0.39, 0.29) is 23.4 Å². The molecular weight excluding hydrogens is 602 g/mol. The first-order chi connectivity index (χ1) is 19.2. The molecule has 0 bridgehead atoms. The summed E-state index contributed by atoms with van der Waals surface area (Å²) in [6.07, 6.45) is 1.56. The SMILES string of the molecule is CCOC(=O)C1=C(C)N=c2s/c(=C\c3ccc(-c4ccccc4[N+](=O)[O-])o3)c(=O)n2C1c1ccc(OC)c(Br)c1. The molecule has 0 spiro atoms. The number of nitro benzene ring substituents is 1. The monoisotopic (exact) mass is 623 g/mol. The number of carbonyl (C=O) groups is 1. The molecule has 204 valence electrons. The highest BCUT2D eigenvalue weighted by atomic mass is 79.9. The van der Waals surface area contributed by atoms with E-state index in [0.29, 0.717) is 47.9 Å². The van der Waals surface area contributed by atoms with Crippen molar-refractivity contribution >= 4 is 45.0 Å². The number of hydrogen-bond donors (Lipinski definition) is 0. The van der Waals surface area contributed by atoms with Crippen LogP contribution in [0, 0.1) is 10.1 Å². The van der Waals surface area contributed by atoms with Crippen molar-refractivity contribution in [3.63, 3.8) is 0 Å². The molecule has 0 aliphatic carbocycles. The van der Waals surface area contributed by atoms with Crippen molar-refractivity contribution in [1.82, 2.24) is 4.57 Å². The minimum absolute atomic E-state index is 0.0876. The number of ether oxygens (including phenoxy) is 2. The van der Waals surface area contributed by atoms with Gasteiger partial charge in [0.15, 0.2) is 4.80 Å². The second-order valence-corrected chi connectivity index (χ2v) is 10.5. The van der Waals surface area contributed by atoms with Gasteiger partial charge in [0, 0.05) is 12.1 Å². The number of hydrogen-bond acceptors (Lipinski definition) is 9. The van der Waals surface area contributed by atoms with Gasteiger partial charge in [-0.1, -0.05) is 29.5 Å². The Labute approximate surface area is 239 Å². The average molecular weight is 624 g/mol. The summed E-state index contributed by atoms with van der Waals surface area (Å²) >= 11 is 4.64. The van der Waals surface area contributed by atoms with E-state index >= 15 is 0 Å². The molecule has 5 rings (SSSR count). The van der Waals surface area contributed by atoms with Crippen molar-refractivity contribution in [2.45, 2.75) is 19.9 Å². The summed E-state index contributed by atoms with van der Waals surface area (Å²) in [6, 6.07) is 14.1. The van der Waals surface area contributed by atoms with E-state index < -0.39 is 16.9 Å². The number of halogens is 1. The van der Waals surface area contributed by atoms with Crippen LogP contribution in [0.1, 0.15) is 31.2 Å². The summed E-state index contributed by atoms with van der Waals surface area (Å²) in [7, 11) is 1.55. The Morgan fingerprint density at radius 2 is 2.02 bits per heavy atom. The fourth-order valence-corrected chi connectivity index (χ4v) is 6.09. The van der Waals surface area contributed by atoms with Gasteiger partial charge >= 0.3 is 5.97 Å². The fourth-order valence-electron chi connectivity index (χ4n) is 4.51. The maximum atomic E-state index is 13.8. The van der Waals surface area contributed by atoms with Gasteiger partial charge in [0.05, 0.1) is 50.5 Å². The molecule has 3 heterocycles. The zero-order chi connectivity index (χ0) is 28.6. The number of fused-ring (bicyclic) bond motifs is 1. The third-order valence-electron chi connectivity index (χ3n) is 6.27. The molecule has 1 aliphatic rings. The predicted molar refractivity (Wildman–Crippen MR) is 152 cm³/mol. The van der Waals surface area contributed by atoms with Gasteiger partial charge in [-0.05, 0) is 65.7 Å². The van der Waals surface area contributed by atoms with Gasteiger partial charge < -0.3 is 13.9 Å². The number of carbonyl (C=O) groups excluding carboxylic acids is 1. The van der Waals surface area contributed by atoms with E-state index in [1.165, 1.54) is 10.6 Å². The summed E-state index contributed by atoms with van der Waals surface area (Å²) in [5, 5.41) is 11.5. The highest BCUT2D eigenvalue weighted by Gasteiger charge is 2.33. The Kier molecular flexibility index (Phi) is 7.55. The van der Waals surface area contributed by atoms with Crippen LogP contribution in [0.3, 0.4) is 0 Å². The van der Waals surface area contributed by atoms with Crippen molar-refractivity contribution in [3.8, 4) is 17.1 Å². The maximum Gasteiger partial charge on any atom is 0.338 e. The summed E-state index contributed by atoms with van der Waals surface area (Å²) in [4.78, 5) is 42.8. The molecule has 1 aliphatic heterocycles. The minimum atomic E-state index is -0.793. The normalized spacial score (nSPS) is 15.0. The molecule has 12 heteroatoms. The van der Waals surface area contributed by atoms with Crippen molar-refractivity contribution in [2.75, 3.05) is 13.7 Å². The van der Waals surface area contributed by atoms with Gasteiger partial charge in [-0.2, -0.15) is 0 Å².